The smallest absolute Gasteiger partial charge is 0.149 e. The molecule has 0 bridgehead atoms. The lowest BCUT2D eigenvalue weighted by atomic mass is 10.1. The second-order valence-corrected chi connectivity index (χ2v) is 5.81. The van der Waals surface area contributed by atoms with Gasteiger partial charge in [0.1, 0.15) is 23.4 Å². The quantitative estimate of drug-likeness (QED) is 0.566. The summed E-state index contributed by atoms with van der Waals surface area (Å²) in [6.07, 6.45) is 1.56. The number of carboxylic acids is 1. The number of fused-ring (bicyclic) bond motifs is 1. The van der Waals surface area contributed by atoms with Gasteiger partial charge in [-0.2, -0.15) is 5.26 Å². The van der Waals surface area contributed by atoms with Gasteiger partial charge in [0.15, 0.2) is 0 Å². The van der Waals surface area contributed by atoms with Crippen LogP contribution in [0.4, 0.5) is 0 Å². The summed E-state index contributed by atoms with van der Waals surface area (Å²) < 4.78 is 5.73. The van der Waals surface area contributed by atoms with Crippen molar-refractivity contribution in [1.82, 2.24) is 9.97 Å². The lowest BCUT2D eigenvalue weighted by Crippen LogP contribution is -2.22. The van der Waals surface area contributed by atoms with Crippen molar-refractivity contribution >= 4 is 28.7 Å². The van der Waals surface area contributed by atoms with Crippen LogP contribution in [0.2, 0.25) is 0 Å². The maximum atomic E-state index is 11.3. The predicted octanol–water partition coefficient (Wildman–Crippen LogP) is 3.25. The number of carbonyl (C=O) groups excluding carboxylic acids is 1. The van der Waals surface area contributed by atoms with Crippen molar-refractivity contribution in [2.45, 2.75) is 0 Å². The molecule has 4 aromatic rings. The minimum Gasteiger partial charge on any atom is -0.545 e. The number of rotatable bonds is 4. The van der Waals surface area contributed by atoms with Crippen LogP contribution >= 0.6 is 0 Å². The first-order chi connectivity index (χ1) is 13.2. The molecule has 27 heavy (non-hydrogen) atoms. The summed E-state index contributed by atoms with van der Waals surface area (Å²) in [6, 6.07) is 19.3. The molecule has 2 aromatic heterocycles. The Balaban J connectivity index is 1.72. The topological polar surface area (TPSA) is 106 Å². The number of aromatic amines is 1. The normalized spacial score (nSPS) is 11.4. The summed E-state index contributed by atoms with van der Waals surface area (Å²) in [7, 11) is 0. The number of nitrogens with one attached hydrogen (secondary N) is 1. The minimum absolute atomic E-state index is 0.0418. The number of carboxylic acid groups (broad SMARTS) is 1. The standard InChI is InChI=1S/C21H13N3O3/c22-12-13(20-23-17-7-3-4-8-18(17)24-20)11-14-9-10-19(27-14)15-5-1-2-6-16(15)21(25)26/h1-11H,(H,23,24)(H,25,26)/p-1/b13-11+. The Bertz CT molecular complexity index is 1190. The molecule has 1 N–H and O–H groups in total. The van der Waals surface area contributed by atoms with E-state index in [1.54, 1.807) is 36.4 Å². The van der Waals surface area contributed by atoms with Crippen LogP contribution in [-0.4, -0.2) is 15.9 Å². The average Bonchev–Trinajstić information content (AvgIpc) is 3.32. The molecule has 6 nitrogen and oxygen atoms in total. The molecule has 2 aromatic carbocycles. The third-order valence-corrected chi connectivity index (χ3v) is 4.09. The van der Waals surface area contributed by atoms with E-state index in [9.17, 15) is 15.2 Å². The van der Waals surface area contributed by atoms with Gasteiger partial charge >= 0.3 is 0 Å². The van der Waals surface area contributed by atoms with E-state index < -0.39 is 5.97 Å². The molecule has 0 fully saturated rings. The van der Waals surface area contributed by atoms with Gasteiger partial charge in [0.2, 0.25) is 0 Å². The molecule has 2 heterocycles. The van der Waals surface area contributed by atoms with E-state index in [4.69, 9.17) is 4.42 Å². The number of para-hydroxylation sites is 2. The zero-order valence-corrected chi connectivity index (χ0v) is 14.0. The zero-order chi connectivity index (χ0) is 18.8. The minimum atomic E-state index is -1.28. The summed E-state index contributed by atoms with van der Waals surface area (Å²) in [6.45, 7) is 0. The number of hydrogen-bond acceptors (Lipinski definition) is 5. The Labute approximate surface area is 154 Å². The monoisotopic (exact) mass is 354 g/mol. The van der Waals surface area contributed by atoms with Gasteiger partial charge in [0.25, 0.3) is 0 Å². The van der Waals surface area contributed by atoms with E-state index in [0.29, 0.717) is 28.5 Å². The summed E-state index contributed by atoms with van der Waals surface area (Å²) in [5, 5.41) is 20.8. The highest BCUT2D eigenvalue weighted by atomic mass is 16.4. The van der Waals surface area contributed by atoms with Crippen LogP contribution in [-0.2, 0) is 0 Å². The van der Waals surface area contributed by atoms with Gasteiger partial charge in [-0.25, -0.2) is 4.98 Å². The van der Waals surface area contributed by atoms with Crippen molar-refractivity contribution in [3.63, 3.8) is 0 Å². The van der Waals surface area contributed by atoms with Crippen molar-refractivity contribution < 1.29 is 14.3 Å². The number of allylic oxidation sites excluding steroid dienone is 1. The van der Waals surface area contributed by atoms with E-state index in [0.717, 1.165) is 11.0 Å². The largest absolute Gasteiger partial charge is 0.545 e. The van der Waals surface area contributed by atoms with Gasteiger partial charge in [-0.1, -0.05) is 36.4 Å². The van der Waals surface area contributed by atoms with Gasteiger partial charge in [-0.15, -0.1) is 0 Å². The van der Waals surface area contributed by atoms with Gasteiger partial charge in [0, 0.05) is 17.2 Å². The molecule has 0 radical (unpaired) electrons. The summed E-state index contributed by atoms with van der Waals surface area (Å²) in [4.78, 5) is 18.8. The van der Waals surface area contributed by atoms with Gasteiger partial charge < -0.3 is 19.3 Å². The van der Waals surface area contributed by atoms with Crippen molar-refractivity contribution in [2.75, 3.05) is 0 Å². The molecular weight excluding hydrogens is 342 g/mol. The van der Waals surface area contributed by atoms with E-state index in [2.05, 4.69) is 16.0 Å². The first-order valence-corrected chi connectivity index (χ1v) is 8.13. The maximum absolute atomic E-state index is 11.3. The van der Waals surface area contributed by atoms with E-state index >= 15 is 0 Å². The number of aromatic carboxylic acids is 1. The van der Waals surface area contributed by atoms with Crippen LogP contribution in [0.3, 0.4) is 0 Å². The number of hydrogen-bond donors (Lipinski definition) is 1. The average molecular weight is 354 g/mol. The summed E-state index contributed by atoms with van der Waals surface area (Å²) >= 11 is 0. The first-order valence-electron chi connectivity index (χ1n) is 8.13. The molecule has 0 aliphatic rings. The van der Waals surface area contributed by atoms with Crippen LogP contribution < -0.4 is 5.11 Å². The predicted molar refractivity (Wildman–Crippen MR) is 98.1 cm³/mol. The number of H-pyrrole nitrogens is 1. The molecule has 0 saturated heterocycles. The molecule has 6 heteroatoms. The third-order valence-electron chi connectivity index (χ3n) is 4.09. The second kappa shape index (κ2) is 6.65. The third kappa shape index (κ3) is 3.10. The van der Waals surface area contributed by atoms with Crippen molar-refractivity contribution in [2.24, 2.45) is 0 Å². The summed E-state index contributed by atoms with van der Waals surface area (Å²) in [5.74, 6) is -0.0519. The van der Waals surface area contributed by atoms with E-state index in [1.807, 2.05) is 24.3 Å². The highest BCUT2D eigenvalue weighted by Gasteiger charge is 2.12. The van der Waals surface area contributed by atoms with Gasteiger partial charge in [-0.05, 0) is 24.3 Å². The number of furan rings is 1. The highest BCUT2D eigenvalue weighted by molar-refractivity contribution is 5.94. The second-order valence-electron chi connectivity index (χ2n) is 5.81. The molecule has 130 valence electrons. The van der Waals surface area contributed by atoms with Crippen LogP contribution in [0, 0.1) is 11.3 Å². The fraction of sp³-hybridized carbons (Fsp3) is 0. The lowest BCUT2D eigenvalue weighted by molar-refractivity contribution is -0.254. The Kier molecular flexibility index (Phi) is 4.03. The fourth-order valence-electron chi connectivity index (χ4n) is 2.83. The Hall–Kier alpha value is -4.11. The van der Waals surface area contributed by atoms with Crippen molar-refractivity contribution in [3.05, 3.63) is 77.8 Å². The fourth-order valence-corrected chi connectivity index (χ4v) is 2.83. The molecule has 0 aliphatic heterocycles. The number of benzene rings is 2. The SMILES string of the molecule is N#C/C(=C\c1ccc(-c2ccccc2C(=O)[O-])o1)c1nc2ccccc2[nH]1. The number of aromatic nitrogens is 2. The molecule has 0 unspecified atom stereocenters. The van der Waals surface area contributed by atoms with Gasteiger partial charge in [-0.3, -0.25) is 0 Å². The van der Waals surface area contributed by atoms with Crippen LogP contribution in [0.15, 0.2) is 65.1 Å². The lowest BCUT2D eigenvalue weighted by Gasteiger charge is -2.07. The van der Waals surface area contributed by atoms with E-state index in [1.165, 1.54) is 6.07 Å². The molecule has 0 aliphatic carbocycles. The van der Waals surface area contributed by atoms with Crippen molar-refractivity contribution in [1.29, 1.82) is 5.26 Å². The molecular formula is C21H12N3O3-. The Morgan fingerprint density at radius 2 is 1.89 bits per heavy atom. The first kappa shape index (κ1) is 16.4. The Morgan fingerprint density at radius 1 is 1.11 bits per heavy atom. The van der Waals surface area contributed by atoms with Gasteiger partial charge in [0.05, 0.1) is 22.6 Å². The van der Waals surface area contributed by atoms with Crippen molar-refractivity contribution in [3.8, 4) is 17.4 Å². The van der Waals surface area contributed by atoms with Crippen LogP contribution in [0.1, 0.15) is 21.9 Å². The zero-order valence-electron chi connectivity index (χ0n) is 14.0. The number of nitrogens with zero attached hydrogens (tertiary/aromatic N) is 2. The molecule has 0 amide bonds. The maximum Gasteiger partial charge on any atom is 0.149 e. The number of carbonyl (C=O) groups is 1. The van der Waals surface area contributed by atoms with Crippen LogP contribution in [0.5, 0.6) is 0 Å². The molecule has 0 saturated carbocycles. The highest BCUT2D eigenvalue weighted by Crippen LogP contribution is 2.27. The number of nitriles is 1. The Morgan fingerprint density at radius 3 is 2.67 bits per heavy atom. The molecule has 0 spiro atoms. The van der Waals surface area contributed by atoms with E-state index in [-0.39, 0.29) is 5.56 Å². The molecule has 0 atom stereocenters. The van der Waals surface area contributed by atoms with Crippen LogP contribution in [0.25, 0.3) is 34.0 Å². The molecule has 4 rings (SSSR count). The number of imidazole rings is 1. The summed E-state index contributed by atoms with van der Waals surface area (Å²) in [5.41, 5.74) is 2.35.